The van der Waals surface area contributed by atoms with Gasteiger partial charge in [-0.05, 0) is 25.3 Å². The Balaban J connectivity index is 1.83. The summed E-state index contributed by atoms with van der Waals surface area (Å²) in [6.45, 7) is 3.17. The number of Topliss-reactive ketones (excluding diaryl/α,β-unsaturated/α-hetero) is 1. The van der Waals surface area contributed by atoms with E-state index in [9.17, 15) is 9.59 Å². The summed E-state index contributed by atoms with van der Waals surface area (Å²) in [6, 6.07) is 7.28. The van der Waals surface area contributed by atoms with E-state index in [1.807, 2.05) is 25.2 Å². The molecule has 0 aromatic heterocycles. The molecule has 148 valence electrons. The number of amides is 1. The maximum Gasteiger partial charge on any atom is 0.414 e. The zero-order valence-electron chi connectivity index (χ0n) is 16.1. The number of halogens is 1. The summed E-state index contributed by atoms with van der Waals surface area (Å²) in [5.41, 5.74) is -0.375. The van der Waals surface area contributed by atoms with Crippen molar-refractivity contribution in [3.05, 3.63) is 34.9 Å². The van der Waals surface area contributed by atoms with E-state index in [0.717, 1.165) is 25.9 Å². The summed E-state index contributed by atoms with van der Waals surface area (Å²) in [5, 5.41) is 0.500. The van der Waals surface area contributed by atoms with Gasteiger partial charge in [0.05, 0.1) is 20.3 Å². The van der Waals surface area contributed by atoms with Gasteiger partial charge in [-0.15, -0.1) is 0 Å². The molecule has 27 heavy (non-hydrogen) atoms. The summed E-state index contributed by atoms with van der Waals surface area (Å²) in [5.74, 6) is 0.0214. The van der Waals surface area contributed by atoms with Gasteiger partial charge in [-0.2, -0.15) is 0 Å². The average Bonchev–Trinajstić information content (AvgIpc) is 2.67. The summed E-state index contributed by atoms with van der Waals surface area (Å²) >= 11 is 6.43. The third-order valence-electron chi connectivity index (χ3n) is 5.87. The van der Waals surface area contributed by atoms with Gasteiger partial charge in [-0.25, -0.2) is 4.79 Å². The maximum atomic E-state index is 13.1. The molecule has 3 rings (SSSR count). The Hall–Kier alpha value is -1.63. The first kappa shape index (κ1) is 20.1. The highest BCUT2D eigenvalue weighted by molar-refractivity contribution is 6.31. The molecule has 7 heteroatoms. The molecule has 1 atom stereocenters. The topological polar surface area (TPSA) is 55.8 Å². The number of ketones is 1. The van der Waals surface area contributed by atoms with Gasteiger partial charge in [0.25, 0.3) is 0 Å². The Morgan fingerprint density at radius 2 is 2.00 bits per heavy atom. The normalized spacial score (nSPS) is 25.1. The number of morpholine rings is 1. The molecule has 6 nitrogen and oxygen atoms in total. The van der Waals surface area contributed by atoms with Crippen molar-refractivity contribution in [3.8, 4) is 0 Å². The fraction of sp³-hybridized carbons (Fsp3) is 0.600. The summed E-state index contributed by atoms with van der Waals surface area (Å²) in [6.07, 6.45) is 2.20. The van der Waals surface area contributed by atoms with Crippen molar-refractivity contribution in [2.24, 2.45) is 0 Å². The minimum Gasteiger partial charge on any atom is -0.399 e. The quantitative estimate of drug-likeness (QED) is 0.735. The van der Waals surface area contributed by atoms with E-state index in [4.69, 9.17) is 21.1 Å². The van der Waals surface area contributed by atoms with Crippen LogP contribution in [0.2, 0.25) is 5.02 Å². The fourth-order valence-electron chi connectivity index (χ4n) is 4.01. The van der Waals surface area contributed by atoms with Gasteiger partial charge in [0.2, 0.25) is 6.73 Å². The second-order valence-corrected chi connectivity index (χ2v) is 8.16. The van der Waals surface area contributed by atoms with Gasteiger partial charge < -0.3 is 9.47 Å². The first-order chi connectivity index (χ1) is 12.9. The van der Waals surface area contributed by atoms with Crippen LogP contribution in [0.4, 0.5) is 4.79 Å². The zero-order chi connectivity index (χ0) is 19.5. The highest BCUT2D eigenvalue weighted by atomic mass is 35.5. The van der Waals surface area contributed by atoms with E-state index in [2.05, 4.69) is 0 Å². The molecule has 2 fully saturated rings. The van der Waals surface area contributed by atoms with Crippen LogP contribution in [0.25, 0.3) is 0 Å². The van der Waals surface area contributed by atoms with Crippen LogP contribution in [0, 0.1) is 0 Å². The third-order valence-corrected chi connectivity index (χ3v) is 6.20. The number of likely N-dealkylation sites (N-methyl/N-ethyl adjacent to an activating group) is 2. The van der Waals surface area contributed by atoms with E-state index < -0.39 is 11.6 Å². The van der Waals surface area contributed by atoms with Crippen molar-refractivity contribution in [2.45, 2.75) is 31.2 Å². The molecule has 0 bridgehead atoms. The molecule has 1 heterocycles. The van der Waals surface area contributed by atoms with E-state index in [0.29, 0.717) is 41.1 Å². The lowest BCUT2D eigenvalue weighted by Crippen LogP contribution is -2.57. The van der Waals surface area contributed by atoms with Crippen molar-refractivity contribution < 1.29 is 23.5 Å². The number of rotatable bonds is 4. The molecule has 1 amide bonds. The summed E-state index contributed by atoms with van der Waals surface area (Å²) < 4.78 is 11.6. The Kier molecular flexibility index (Phi) is 6.08. The van der Waals surface area contributed by atoms with E-state index in [1.54, 1.807) is 13.1 Å². The Morgan fingerprint density at radius 1 is 1.30 bits per heavy atom. The van der Waals surface area contributed by atoms with Crippen LogP contribution in [0.5, 0.6) is 0 Å². The smallest absolute Gasteiger partial charge is 0.399 e. The molecular formula is C20H28ClN2O4+. The maximum absolute atomic E-state index is 13.1. The van der Waals surface area contributed by atoms with Gasteiger partial charge >= 0.3 is 6.09 Å². The third kappa shape index (κ3) is 3.98. The summed E-state index contributed by atoms with van der Waals surface area (Å²) in [7, 11) is 3.69. The number of quaternary nitrogens is 1. The first-order valence-corrected chi connectivity index (χ1v) is 9.87. The van der Waals surface area contributed by atoms with Crippen molar-refractivity contribution in [1.29, 1.82) is 0 Å². The lowest BCUT2D eigenvalue weighted by Gasteiger charge is -2.43. The molecule has 0 radical (unpaired) electrons. The van der Waals surface area contributed by atoms with Gasteiger partial charge in [-0.1, -0.05) is 29.8 Å². The second kappa shape index (κ2) is 8.17. The molecule has 2 aliphatic rings. The minimum atomic E-state index is -1.06. The standard InChI is InChI=1S/C20H28ClN2O4/c1-22(19(25)27-15-23(2)11-13-26-14-12-23)20(10-6-5-9-18(20)24)16-7-3-4-8-17(16)21/h3-4,7-8H,5-6,9-15H2,1-2H3/q+1. The SMILES string of the molecule is CN(C(=O)OC[N+]1(C)CCOCC1)C1(c2ccccc2Cl)CCCCC1=O. The fourth-order valence-corrected chi connectivity index (χ4v) is 4.30. The lowest BCUT2D eigenvalue weighted by atomic mass is 9.74. The highest BCUT2D eigenvalue weighted by Gasteiger charge is 2.48. The Morgan fingerprint density at radius 3 is 2.67 bits per heavy atom. The van der Waals surface area contributed by atoms with E-state index in [1.165, 1.54) is 4.90 Å². The van der Waals surface area contributed by atoms with Crippen molar-refractivity contribution in [2.75, 3.05) is 47.1 Å². The molecular weight excluding hydrogens is 368 g/mol. The van der Waals surface area contributed by atoms with Crippen LogP contribution in [-0.2, 0) is 19.8 Å². The molecule has 0 N–H and O–H groups in total. The Labute approximate surface area is 165 Å². The molecule has 1 aliphatic carbocycles. The number of benzene rings is 1. The first-order valence-electron chi connectivity index (χ1n) is 9.49. The largest absolute Gasteiger partial charge is 0.414 e. The van der Waals surface area contributed by atoms with E-state index >= 15 is 0 Å². The van der Waals surface area contributed by atoms with Crippen LogP contribution in [0.3, 0.4) is 0 Å². The molecule has 1 aromatic carbocycles. The van der Waals surface area contributed by atoms with Crippen molar-refractivity contribution in [1.82, 2.24) is 4.90 Å². The number of carbonyl (C=O) groups excluding carboxylic acids is 2. The van der Waals surface area contributed by atoms with Crippen molar-refractivity contribution in [3.63, 3.8) is 0 Å². The lowest BCUT2D eigenvalue weighted by molar-refractivity contribution is -0.932. The minimum absolute atomic E-state index is 0.0214. The van der Waals surface area contributed by atoms with Crippen LogP contribution < -0.4 is 0 Å². The van der Waals surface area contributed by atoms with Crippen molar-refractivity contribution >= 4 is 23.5 Å². The average molecular weight is 396 g/mol. The van der Waals surface area contributed by atoms with Gasteiger partial charge in [0.15, 0.2) is 5.78 Å². The molecule has 1 saturated heterocycles. The Bertz CT molecular complexity index is 705. The predicted molar refractivity (Wildman–Crippen MR) is 102 cm³/mol. The summed E-state index contributed by atoms with van der Waals surface area (Å²) in [4.78, 5) is 27.4. The van der Waals surface area contributed by atoms with Crippen LogP contribution in [-0.4, -0.2) is 68.4 Å². The zero-order valence-corrected chi connectivity index (χ0v) is 16.8. The van der Waals surface area contributed by atoms with Gasteiger partial charge in [0, 0.05) is 24.1 Å². The monoisotopic (exact) mass is 395 g/mol. The molecule has 1 unspecified atom stereocenters. The molecule has 1 saturated carbocycles. The second-order valence-electron chi connectivity index (χ2n) is 7.75. The highest BCUT2D eigenvalue weighted by Crippen LogP contribution is 2.42. The van der Waals surface area contributed by atoms with Gasteiger partial charge in [0.1, 0.15) is 18.6 Å². The number of nitrogens with zero attached hydrogens (tertiary/aromatic N) is 2. The molecule has 0 spiro atoms. The molecule has 1 aliphatic heterocycles. The van der Waals surface area contributed by atoms with Crippen LogP contribution in [0.15, 0.2) is 24.3 Å². The predicted octanol–water partition coefficient (Wildman–Crippen LogP) is 3.18. The van der Waals surface area contributed by atoms with E-state index in [-0.39, 0.29) is 12.5 Å². The number of hydrogen-bond donors (Lipinski definition) is 0. The number of ether oxygens (including phenoxy) is 2. The van der Waals surface area contributed by atoms with Crippen LogP contribution in [0.1, 0.15) is 31.2 Å². The van der Waals surface area contributed by atoms with Gasteiger partial charge in [-0.3, -0.25) is 14.2 Å². The number of hydrogen-bond acceptors (Lipinski definition) is 4. The van der Waals surface area contributed by atoms with Crippen LogP contribution >= 0.6 is 11.6 Å². The molecule has 1 aromatic rings. The number of carbonyl (C=O) groups is 2.